The zero-order valence-electron chi connectivity index (χ0n) is 15.1. The lowest BCUT2D eigenvalue weighted by molar-refractivity contribution is -0.123. The van der Waals surface area contributed by atoms with Crippen molar-refractivity contribution in [3.8, 4) is 11.5 Å². The van der Waals surface area contributed by atoms with Gasteiger partial charge in [-0.2, -0.15) is 0 Å². The van der Waals surface area contributed by atoms with Crippen molar-refractivity contribution in [1.29, 1.82) is 0 Å². The van der Waals surface area contributed by atoms with Crippen molar-refractivity contribution in [2.24, 2.45) is 0 Å². The average molecular weight is 358 g/mol. The third-order valence-electron chi connectivity index (χ3n) is 4.62. The summed E-state index contributed by atoms with van der Waals surface area (Å²) >= 11 is 0. The molecule has 3 rings (SSSR count). The number of benzene rings is 1. The van der Waals surface area contributed by atoms with E-state index < -0.39 is 0 Å². The number of likely N-dealkylation sites (tertiary alicyclic amines) is 1. The SMILES string of the molecule is COc1ccccc1OCC(=O)NCC(c1ccco1)N1CCCCC1. The van der Waals surface area contributed by atoms with E-state index in [0.29, 0.717) is 18.0 Å². The van der Waals surface area contributed by atoms with Crippen LogP contribution in [0.2, 0.25) is 0 Å². The van der Waals surface area contributed by atoms with Gasteiger partial charge in [-0.3, -0.25) is 9.69 Å². The number of hydrogen-bond donors (Lipinski definition) is 1. The summed E-state index contributed by atoms with van der Waals surface area (Å²) in [5.41, 5.74) is 0. The van der Waals surface area contributed by atoms with Gasteiger partial charge in [-0.15, -0.1) is 0 Å². The van der Waals surface area contributed by atoms with E-state index >= 15 is 0 Å². The number of nitrogens with zero attached hydrogens (tertiary/aromatic N) is 1. The van der Waals surface area contributed by atoms with Crippen LogP contribution in [-0.2, 0) is 4.79 Å². The zero-order valence-corrected chi connectivity index (χ0v) is 15.1. The molecule has 1 saturated heterocycles. The smallest absolute Gasteiger partial charge is 0.258 e. The van der Waals surface area contributed by atoms with Crippen molar-refractivity contribution in [3.63, 3.8) is 0 Å². The molecule has 0 bridgehead atoms. The van der Waals surface area contributed by atoms with E-state index in [1.807, 2.05) is 24.3 Å². The molecule has 1 N–H and O–H groups in total. The molecule has 1 unspecified atom stereocenters. The highest BCUT2D eigenvalue weighted by Crippen LogP contribution is 2.26. The Morgan fingerprint density at radius 2 is 1.92 bits per heavy atom. The Labute approximate surface area is 154 Å². The number of carbonyl (C=O) groups is 1. The van der Waals surface area contributed by atoms with E-state index in [2.05, 4.69) is 10.2 Å². The molecule has 1 fully saturated rings. The fourth-order valence-electron chi connectivity index (χ4n) is 3.26. The summed E-state index contributed by atoms with van der Waals surface area (Å²) in [6.07, 6.45) is 5.31. The van der Waals surface area contributed by atoms with Crippen LogP contribution < -0.4 is 14.8 Å². The Morgan fingerprint density at radius 3 is 2.62 bits per heavy atom. The second-order valence-electron chi connectivity index (χ2n) is 6.37. The molecule has 140 valence electrons. The van der Waals surface area contributed by atoms with Gasteiger partial charge in [0.1, 0.15) is 5.76 Å². The first-order valence-electron chi connectivity index (χ1n) is 9.08. The largest absolute Gasteiger partial charge is 0.493 e. The maximum Gasteiger partial charge on any atom is 0.258 e. The van der Waals surface area contributed by atoms with Gasteiger partial charge < -0.3 is 19.2 Å². The molecule has 1 amide bonds. The Morgan fingerprint density at radius 1 is 1.15 bits per heavy atom. The maximum atomic E-state index is 12.2. The molecule has 0 radical (unpaired) electrons. The number of piperidine rings is 1. The van der Waals surface area contributed by atoms with Crippen LogP contribution in [0.4, 0.5) is 0 Å². The molecule has 1 aliphatic rings. The van der Waals surface area contributed by atoms with Crippen molar-refractivity contribution in [2.45, 2.75) is 25.3 Å². The summed E-state index contributed by atoms with van der Waals surface area (Å²) in [5.74, 6) is 1.90. The molecule has 0 saturated carbocycles. The molecule has 1 aromatic heterocycles. The van der Waals surface area contributed by atoms with Crippen LogP contribution in [0.25, 0.3) is 0 Å². The van der Waals surface area contributed by atoms with Crippen molar-refractivity contribution in [1.82, 2.24) is 10.2 Å². The van der Waals surface area contributed by atoms with Crippen LogP contribution in [0, 0.1) is 0 Å². The number of rotatable bonds is 8. The van der Waals surface area contributed by atoms with Crippen LogP contribution >= 0.6 is 0 Å². The van der Waals surface area contributed by atoms with Gasteiger partial charge in [-0.05, 0) is 50.2 Å². The third-order valence-corrected chi connectivity index (χ3v) is 4.62. The van der Waals surface area contributed by atoms with Crippen LogP contribution in [0.15, 0.2) is 47.1 Å². The van der Waals surface area contributed by atoms with Crippen LogP contribution in [0.3, 0.4) is 0 Å². The number of nitrogens with one attached hydrogen (secondary N) is 1. The third kappa shape index (κ3) is 4.79. The Kier molecular flexibility index (Phi) is 6.55. The molecule has 2 aromatic rings. The monoisotopic (exact) mass is 358 g/mol. The Hall–Kier alpha value is -2.47. The lowest BCUT2D eigenvalue weighted by atomic mass is 10.1. The minimum atomic E-state index is -0.163. The van der Waals surface area contributed by atoms with Gasteiger partial charge in [0.15, 0.2) is 18.1 Å². The van der Waals surface area contributed by atoms with Crippen molar-refractivity contribution >= 4 is 5.91 Å². The highest BCUT2D eigenvalue weighted by molar-refractivity contribution is 5.77. The average Bonchev–Trinajstić information content (AvgIpc) is 3.22. The predicted octanol–water partition coefficient (Wildman–Crippen LogP) is 3.01. The molecule has 2 heterocycles. The molecule has 1 atom stereocenters. The predicted molar refractivity (Wildman–Crippen MR) is 98.4 cm³/mol. The topological polar surface area (TPSA) is 63.9 Å². The minimum Gasteiger partial charge on any atom is -0.493 e. The fourth-order valence-corrected chi connectivity index (χ4v) is 3.26. The summed E-state index contributed by atoms with van der Waals surface area (Å²) in [6, 6.07) is 11.2. The van der Waals surface area contributed by atoms with Crippen molar-refractivity contribution in [3.05, 3.63) is 48.4 Å². The number of para-hydroxylation sites is 2. The highest BCUT2D eigenvalue weighted by atomic mass is 16.5. The van der Waals surface area contributed by atoms with E-state index in [-0.39, 0.29) is 18.6 Å². The Balaban J connectivity index is 1.54. The van der Waals surface area contributed by atoms with E-state index in [9.17, 15) is 4.79 Å². The minimum absolute atomic E-state index is 0.0503. The van der Waals surface area contributed by atoms with Crippen LogP contribution in [-0.4, -0.2) is 44.2 Å². The molecule has 6 heteroatoms. The van der Waals surface area contributed by atoms with E-state index in [4.69, 9.17) is 13.9 Å². The first-order valence-corrected chi connectivity index (χ1v) is 9.08. The quantitative estimate of drug-likeness (QED) is 0.786. The van der Waals surface area contributed by atoms with E-state index in [1.165, 1.54) is 19.3 Å². The summed E-state index contributed by atoms with van der Waals surface area (Å²) in [7, 11) is 1.58. The van der Waals surface area contributed by atoms with Crippen LogP contribution in [0.5, 0.6) is 11.5 Å². The number of hydrogen-bond acceptors (Lipinski definition) is 5. The lowest BCUT2D eigenvalue weighted by Gasteiger charge is -2.33. The molecule has 1 aliphatic heterocycles. The van der Waals surface area contributed by atoms with Gasteiger partial charge in [0, 0.05) is 6.54 Å². The fraction of sp³-hybridized carbons (Fsp3) is 0.450. The van der Waals surface area contributed by atoms with Gasteiger partial charge in [0.2, 0.25) is 0 Å². The summed E-state index contributed by atoms with van der Waals surface area (Å²) in [6.45, 7) is 2.50. The first kappa shape index (κ1) is 18.3. The second kappa shape index (κ2) is 9.29. The molecular weight excluding hydrogens is 332 g/mol. The molecular formula is C20H26N2O4. The number of furan rings is 1. The van der Waals surface area contributed by atoms with Gasteiger partial charge in [0.25, 0.3) is 5.91 Å². The maximum absolute atomic E-state index is 12.2. The van der Waals surface area contributed by atoms with Gasteiger partial charge in [-0.1, -0.05) is 18.6 Å². The first-order chi connectivity index (χ1) is 12.8. The molecule has 6 nitrogen and oxygen atoms in total. The number of methoxy groups -OCH3 is 1. The normalized spacial score (nSPS) is 16.0. The lowest BCUT2D eigenvalue weighted by Crippen LogP contribution is -2.41. The zero-order chi connectivity index (χ0) is 18.2. The van der Waals surface area contributed by atoms with Crippen molar-refractivity contribution in [2.75, 3.05) is 33.4 Å². The highest BCUT2D eigenvalue weighted by Gasteiger charge is 2.24. The summed E-state index contributed by atoms with van der Waals surface area (Å²) < 4.78 is 16.4. The van der Waals surface area contributed by atoms with Crippen LogP contribution in [0.1, 0.15) is 31.1 Å². The molecule has 1 aromatic carbocycles. The molecule has 0 spiro atoms. The number of ether oxygens (including phenoxy) is 2. The number of amides is 1. The van der Waals surface area contributed by atoms with Gasteiger partial charge in [-0.25, -0.2) is 0 Å². The second-order valence-corrected chi connectivity index (χ2v) is 6.37. The summed E-state index contributed by atoms with van der Waals surface area (Å²) in [5, 5.41) is 2.97. The molecule has 0 aliphatic carbocycles. The summed E-state index contributed by atoms with van der Waals surface area (Å²) in [4.78, 5) is 14.6. The van der Waals surface area contributed by atoms with E-state index in [0.717, 1.165) is 18.8 Å². The van der Waals surface area contributed by atoms with Crippen molar-refractivity contribution < 1.29 is 18.7 Å². The van der Waals surface area contributed by atoms with Gasteiger partial charge in [0.05, 0.1) is 19.4 Å². The Bertz CT molecular complexity index is 681. The van der Waals surface area contributed by atoms with E-state index in [1.54, 1.807) is 25.5 Å². The van der Waals surface area contributed by atoms with Gasteiger partial charge >= 0.3 is 0 Å². The standard InChI is InChI=1S/C20H26N2O4/c1-24-18-8-3-4-9-19(18)26-15-20(23)21-14-16(17-10-7-13-25-17)22-11-5-2-6-12-22/h3-4,7-10,13,16H,2,5-6,11-12,14-15H2,1H3,(H,21,23). The molecule has 26 heavy (non-hydrogen) atoms. The number of carbonyl (C=O) groups excluding carboxylic acids is 1.